The molecule has 0 aliphatic carbocycles. The fourth-order valence-corrected chi connectivity index (χ4v) is 5.20. The summed E-state index contributed by atoms with van der Waals surface area (Å²) in [7, 11) is 0. The van der Waals surface area contributed by atoms with Gasteiger partial charge in [-0.3, -0.25) is 0 Å². The Morgan fingerprint density at radius 2 is 1.69 bits per heavy atom. The summed E-state index contributed by atoms with van der Waals surface area (Å²) in [5, 5.41) is 0. The second-order valence-corrected chi connectivity index (χ2v) is 7.40. The third-order valence-electron chi connectivity index (χ3n) is 2.68. The molecule has 0 unspecified atom stereocenters. The molecule has 0 atom stereocenters. The molecule has 0 saturated carbocycles. The van der Waals surface area contributed by atoms with Crippen LogP contribution in [0.2, 0.25) is 0 Å². The van der Waals surface area contributed by atoms with Crippen molar-refractivity contribution < 1.29 is 29.2 Å². The predicted octanol–water partition coefficient (Wildman–Crippen LogP) is 2.07. The number of rotatable bonds is 1. The third-order valence-corrected chi connectivity index (χ3v) is 6.45. The van der Waals surface area contributed by atoms with E-state index in [1.165, 1.54) is 16.1 Å². The summed E-state index contributed by atoms with van der Waals surface area (Å²) in [6, 6.07) is 16.5. The van der Waals surface area contributed by atoms with Crippen LogP contribution in [0.25, 0.3) is 0 Å². The Kier molecular flexibility index (Phi) is 2.62. The van der Waals surface area contributed by atoms with Gasteiger partial charge in [0.05, 0.1) is 0 Å². The van der Waals surface area contributed by atoms with Crippen LogP contribution >= 0.6 is 0 Å². The van der Waals surface area contributed by atoms with Crippen LogP contribution in [0.3, 0.4) is 0 Å². The van der Waals surface area contributed by atoms with Crippen molar-refractivity contribution in [3.05, 3.63) is 54.1 Å². The Bertz CT molecular complexity index is 558. The molecule has 0 saturated heterocycles. The fraction of sp³-hybridized carbons (Fsp3) is 0. The summed E-state index contributed by atoms with van der Waals surface area (Å²) in [5.74, 6) is 0. The maximum absolute atomic E-state index is 5.69. The number of aliphatic imine (C=N–C) groups is 1. The molecule has 1 aliphatic rings. The SMILES string of the molecule is Nc1ccc([C]2=Nc3cccc[c]3[Y]2)cc1. The molecule has 2 N–H and O–H groups in total. The number of fused-ring (bicyclic) bond motifs is 1. The average Bonchev–Trinajstić information content (AvgIpc) is 2.73. The molecule has 75 valence electrons. The first-order valence-corrected chi connectivity index (χ1v) is 8.05. The summed E-state index contributed by atoms with van der Waals surface area (Å²) < 4.78 is 2.81. The molecule has 0 amide bonds. The van der Waals surface area contributed by atoms with Crippen molar-refractivity contribution in [2.75, 3.05) is 5.73 Å². The third kappa shape index (κ3) is 1.83. The molecule has 0 radical (unpaired) electrons. The number of nitrogen functional groups attached to an aromatic ring is 1. The quantitative estimate of drug-likeness (QED) is 0.799. The van der Waals surface area contributed by atoms with Gasteiger partial charge in [0, 0.05) is 0 Å². The van der Waals surface area contributed by atoms with Crippen molar-refractivity contribution in [1.29, 1.82) is 0 Å². The molecule has 0 aromatic heterocycles. The number of benzene rings is 2. The van der Waals surface area contributed by atoms with Crippen LogP contribution in [0.15, 0.2) is 53.5 Å². The number of hydrogen-bond acceptors (Lipinski definition) is 2. The Balaban J connectivity index is 1.98. The van der Waals surface area contributed by atoms with Gasteiger partial charge >= 0.3 is 110 Å². The van der Waals surface area contributed by atoms with E-state index in [0.29, 0.717) is 0 Å². The zero-order valence-corrected chi connectivity index (χ0v) is 11.6. The number of para-hydroxylation sites is 1. The second-order valence-electron chi connectivity index (χ2n) is 3.82. The topological polar surface area (TPSA) is 38.4 Å². The van der Waals surface area contributed by atoms with E-state index in [0.717, 1.165) is 5.69 Å². The van der Waals surface area contributed by atoms with Crippen molar-refractivity contribution in [1.82, 2.24) is 0 Å². The van der Waals surface area contributed by atoms with Crippen LogP contribution in [0.1, 0.15) is 5.56 Å². The van der Waals surface area contributed by atoms with E-state index in [9.17, 15) is 0 Å². The van der Waals surface area contributed by atoms with Gasteiger partial charge in [0.1, 0.15) is 0 Å². The minimum absolute atomic E-state index is 0.813. The van der Waals surface area contributed by atoms with Gasteiger partial charge in [-0.1, -0.05) is 0 Å². The molecule has 2 nitrogen and oxygen atoms in total. The molecule has 16 heavy (non-hydrogen) atoms. The summed E-state index contributed by atoms with van der Waals surface area (Å²) >= 11 is -0.879. The molecular weight excluding hydrogens is 273 g/mol. The van der Waals surface area contributed by atoms with Crippen molar-refractivity contribution in [3.8, 4) is 0 Å². The zero-order valence-electron chi connectivity index (χ0n) is 8.72. The van der Waals surface area contributed by atoms with Crippen LogP contribution in [0.4, 0.5) is 11.4 Å². The van der Waals surface area contributed by atoms with Crippen molar-refractivity contribution in [2.45, 2.75) is 0 Å². The summed E-state index contributed by atoms with van der Waals surface area (Å²) in [4.78, 5) is 4.71. The first-order chi connectivity index (χ1) is 7.83. The number of nitrogens with two attached hydrogens (primary N) is 1. The van der Waals surface area contributed by atoms with Gasteiger partial charge in [-0.2, -0.15) is 0 Å². The van der Waals surface area contributed by atoms with E-state index in [2.05, 4.69) is 36.4 Å². The van der Waals surface area contributed by atoms with E-state index >= 15 is 0 Å². The fourth-order valence-electron chi connectivity index (χ4n) is 1.82. The first kappa shape index (κ1) is 10.2. The van der Waals surface area contributed by atoms with Gasteiger partial charge in [0.25, 0.3) is 0 Å². The molecular formula is C13H10N2Y. The van der Waals surface area contributed by atoms with Gasteiger partial charge in [-0.05, 0) is 0 Å². The normalized spacial score (nSPS) is 12.4. The standard InChI is InChI=1S/C13H10N2.Y/c14-12-8-6-11(7-9-12)10-15-13-4-2-1-3-5-13;/h1-4,6-9H,14H2;. The van der Waals surface area contributed by atoms with Crippen LogP contribution < -0.4 is 8.11 Å². The van der Waals surface area contributed by atoms with E-state index in [4.69, 9.17) is 10.7 Å². The van der Waals surface area contributed by atoms with Crippen LogP contribution in [0, 0.1) is 0 Å². The minimum atomic E-state index is -0.879. The predicted molar refractivity (Wildman–Crippen MR) is 63.1 cm³/mol. The average molecular weight is 283 g/mol. The van der Waals surface area contributed by atoms with Crippen LogP contribution in [0.5, 0.6) is 0 Å². The summed E-state index contributed by atoms with van der Waals surface area (Å²) in [6.07, 6.45) is 0. The number of anilines is 1. The van der Waals surface area contributed by atoms with Gasteiger partial charge in [0.2, 0.25) is 0 Å². The maximum atomic E-state index is 5.69. The Labute approximate surface area is 110 Å². The molecule has 0 bridgehead atoms. The van der Waals surface area contributed by atoms with Gasteiger partial charge in [-0.15, -0.1) is 0 Å². The molecule has 0 fully saturated rings. The van der Waals surface area contributed by atoms with Crippen LogP contribution in [-0.2, 0) is 29.2 Å². The monoisotopic (exact) mass is 283 g/mol. The van der Waals surface area contributed by atoms with E-state index in [1.807, 2.05) is 12.1 Å². The molecule has 3 heteroatoms. The summed E-state index contributed by atoms with van der Waals surface area (Å²) in [5.41, 5.74) is 8.92. The second kappa shape index (κ2) is 4.12. The van der Waals surface area contributed by atoms with Crippen molar-refractivity contribution >= 4 is 16.3 Å². The molecule has 0 spiro atoms. The van der Waals surface area contributed by atoms with E-state index in [-0.39, 0.29) is 0 Å². The van der Waals surface area contributed by atoms with E-state index in [1.54, 1.807) is 0 Å². The number of nitrogens with zero attached hydrogens (tertiary/aromatic N) is 1. The molecule has 2 aromatic carbocycles. The number of hydrogen-bond donors (Lipinski definition) is 1. The van der Waals surface area contributed by atoms with Gasteiger partial charge < -0.3 is 0 Å². The molecule has 1 heterocycles. The molecule has 1 aliphatic heterocycles. The van der Waals surface area contributed by atoms with Gasteiger partial charge in [-0.25, -0.2) is 0 Å². The van der Waals surface area contributed by atoms with Crippen molar-refractivity contribution in [2.24, 2.45) is 4.99 Å². The van der Waals surface area contributed by atoms with Gasteiger partial charge in [0.15, 0.2) is 0 Å². The Hall–Kier alpha value is -0.986. The van der Waals surface area contributed by atoms with E-state index < -0.39 is 29.2 Å². The first-order valence-electron chi connectivity index (χ1n) is 5.21. The zero-order chi connectivity index (χ0) is 11.0. The summed E-state index contributed by atoms with van der Waals surface area (Å²) in [6.45, 7) is 0. The Morgan fingerprint density at radius 1 is 0.938 bits per heavy atom. The Morgan fingerprint density at radius 3 is 2.44 bits per heavy atom. The van der Waals surface area contributed by atoms with Crippen LogP contribution in [-0.4, -0.2) is 2.52 Å². The molecule has 3 rings (SSSR count). The molecule has 2 aromatic rings. The van der Waals surface area contributed by atoms with Crippen molar-refractivity contribution in [3.63, 3.8) is 0 Å².